The van der Waals surface area contributed by atoms with Gasteiger partial charge in [0, 0.05) is 6.54 Å². The van der Waals surface area contributed by atoms with Crippen molar-refractivity contribution in [3.8, 4) is 5.75 Å². The number of nitrogens with one attached hydrogen (secondary N) is 1. The molecule has 0 aromatic heterocycles. The van der Waals surface area contributed by atoms with Gasteiger partial charge in [-0.05, 0) is 19.1 Å². The molecule has 0 aliphatic heterocycles. The van der Waals surface area contributed by atoms with Crippen LogP contribution in [0.5, 0.6) is 5.75 Å². The molecule has 0 saturated carbocycles. The Labute approximate surface area is 113 Å². The second-order valence-corrected chi connectivity index (χ2v) is 4.19. The van der Waals surface area contributed by atoms with Crippen LogP contribution in [0.1, 0.15) is 6.92 Å². The number of anilines is 1. The van der Waals surface area contributed by atoms with E-state index in [-0.39, 0.29) is 12.5 Å². The van der Waals surface area contributed by atoms with Gasteiger partial charge in [-0.2, -0.15) is 0 Å². The van der Waals surface area contributed by atoms with Crippen molar-refractivity contribution in [2.45, 2.75) is 6.92 Å². The van der Waals surface area contributed by atoms with Crippen LogP contribution in [0.2, 0.25) is 0 Å². The average molecular weight is 264 g/mol. The van der Waals surface area contributed by atoms with E-state index in [0.29, 0.717) is 31.2 Å². The SMILES string of the molecule is C=C(C)COCCNC(=O)COc1ccccc1N. The molecule has 5 nitrogen and oxygen atoms in total. The fourth-order valence-electron chi connectivity index (χ4n) is 1.32. The highest BCUT2D eigenvalue weighted by Gasteiger charge is 2.04. The Hall–Kier alpha value is -2.01. The third-order valence-electron chi connectivity index (χ3n) is 2.19. The minimum Gasteiger partial charge on any atom is -0.482 e. The minimum absolute atomic E-state index is 0.0608. The number of para-hydroxylation sites is 2. The van der Waals surface area contributed by atoms with E-state index in [1.54, 1.807) is 24.3 Å². The van der Waals surface area contributed by atoms with Crippen LogP contribution in [0.3, 0.4) is 0 Å². The molecule has 0 radical (unpaired) electrons. The summed E-state index contributed by atoms with van der Waals surface area (Å²) in [6.45, 7) is 6.94. The van der Waals surface area contributed by atoms with Crippen LogP contribution in [-0.4, -0.2) is 32.3 Å². The minimum atomic E-state index is -0.206. The van der Waals surface area contributed by atoms with Crippen LogP contribution in [0.25, 0.3) is 0 Å². The first-order valence-electron chi connectivity index (χ1n) is 6.05. The van der Waals surface area contributed by atoms with Crippen molar-refractivity contribution in [1.82, 2.24) is 5.32 Å². The molecule has 1 amide bonds. The lowest BCUT2D eigenvalue weighted by molar-refractivity contribution is -0.123. The largest absolute Gasteiger partial charge is 0.482 e. The number of ether oxygens (including phenoxy) is 2. The summed E-state index contributed by atoms with van der Waals surface area (Å²) in [5.41, 5.74) is 7.16. The molecule has 0 heterocycles. The van der Waals surface area contributed by atoms with Gasteiger partial charge in [-0.15, -0.1) is 0 Å². The van der Waals surface area contributed by atoms with Crippen LogP contribution in [0.4, 0.5) is 5.69 Å². The maximum atomic E-state index is 11.5. The molecule has 5 heteroatoms. The zero-order valence-electron chi connectivity index (χ0n) is 11.1. The van der Waals surface area contributed by atoms with Crippen molar-refractivity contribution < 1.29 is 14.3 Å². The van der Waals surface area contributed by atoms with Gasteiger partial charge < -0.3 is 20.5 Å². The van der Waals surface area contributed by atoms with Crippen molar-refractivity contribution >= 4 is 11.6 Å². The van der Waals surface area contributed by atoms with Crippen molar-refractivity contribution in [3.63, 3.8) is 0 Å². The van der Waals surface area contributed by atoms with Crippen LogP contribution in [0.15, 0.2) is 36.4 Å². The van der Waals surface area contributed by atoms with Gasteiger partial charge in [0.05, 0.1) is 18.9 Å². The quantitative estimate of drug-likeness (QED) is 0.422. The predicted octanol–water partition coefficient (Wildman–Crippen LogP) is 1.36. The van der Waals surface area contributed by atoms with Crippen molar-refractivity contribution in [2.24, 2.45) is 0 Å². The predicted molar refractivity (Wildman–Crippen MR) is 75.0 cm³/mol. The molecule has 0 bridgehead atoms. The van der Waals surface area contributed by atoms with E-state index in [1.165, 1.54) is 0 Å². The number of hydrogen-bond acceptors (Lipinski definition) is 4. The fraction of sp³-hybridized carbons (Fsp3) is 0.357. The topological polar surface area (TPSA) is 73.6 Å². The van der Waals surface area contributed by atoms with E-state index in [2.05, 4.69) is 11.9 Å². The van der Waals surface area contributed by atoms with E-state index in [0.717, 1.165) is 5.57 Å². The third kappa shape index (κ3) is 6.47. The summed E-state index contributed by atoms with van der Waals surface area (Å²) in [7, 11) is 0. The number of amides is 1. The summed E-state index contributed by atoms with van der Waals surface area (Å²) in [6.07, 6.45) is 0. The Morgan fingerprint density at radius 1 is 1.37 bits per heavy atom. The van der Waals surface area contributed by atoms with Gasteiger partial charge in [-0.25, -0.2) is 0 Å². The van der Waals surface area contributed by atoms with E-state index >= 15 is 0 Å². The Balaban J connectivity index is 2.15. The van der Waals surface area contributed by atoms with Crippen LogP contribution in [-0.2, 0) is 9.53 Å². The molecule has 0 aliphatic rings. The monoisotopic (exact) mass is 264 g/mol. The summed E-state index contributed by atoms with van der Waals surface area (Å²) in [5, 5.41) is 2.69. The first-order valence-corrected chi connectivity index (χ1v) is 6.05. The number of nitrogen functional groups attached to an aromatic ring is 1. The Kier molecular flexibility index (Phi) is 6.46. The molecule has 0 spiro atoms. The highest BCUT2D eigenvalue weighted by Crippen LogP contribution is 2.19. The maximum Gasteiger partial charge on any atom is 0.258 e. The number of benzene rings is 1. The molecule has 1 aromatic carbocycles. The fourth-order valence-corrected chi connectivity index (χ4v) is 1.32. The van der Waals surface area contributed by atoms with Gasteiger partial charge in [0.15, 0.2) is 6.61 Å². The van der Waals surface area contributed by atoms with E-state index in [4.69, 9.17) is 15.2 Å². The van der Waals surface area contributed by atoms with Crippen molar-refractivity contribution in [1.29, 1.82) is 0 Å². The van der Waals surface area contributed by atoms with Crippen molar-refractivity contribution in [3.05, 3.63) is 36.4 Å². The Morgan fingerprint density at radius 2 is 2.11 bits per heavy atom. The molecule has 0 unspecified atom stereocenters. The average Bonchev–Trinajstić information content (AvgIpc) is 2.37. The lowest BCUT2D eigenvalue weighted by atomic mass is 10.3. The highest BCUT2D eigenvalue weighted by molar-refractivity contribution is 5.77. The zero-order valence-corrected chi connectivity index (χ0v) is 11.1. The maximum absolute atomic E-state index is 11.5. The van der Waals surface area contributed by atoms with E-state index < -0.39 is 0 Å². The van der Waals surface area contributed by atoms with Gasteiger partial charge in [0.25, 0.3) is 5.91 Å². The van der Waals surface area contributed by atoms with Crippen LogP contribution in [0, 0.1) is 0 Å². The van der Waals surface area contributed by atoms with E-state index in [1.807, 2.05) is 6.92 Å². The number of rotatable bonds is 8. The van der Waals surface area contributed by atoms with Gasteiger partial charge in [-0.3, -0.25) is 4.79 Å². The molecule has 0 atom stereocenters. The molecule has 0 saturated heterocycles. The highest BCUT2D eigenvalue weighted by atomic mass is 16.5. The molecular weight excluding hydrogens is 244 g/mol. The molecule has 1 aromatic rings. The molecule has 0 fully saturated rings. The van der Waals surface area contributed by atoms with Crippen LogP contribution >= 0.6 is 0 Å². The summed E-state index contributed by atoms with van der Waals surface area (Å²) in [6, 6.07) is 7.05. The normalized spacial score (nSPS) is 9.95. The second-order valence-electron chi connectivity index (χ2n) is 4.19. The van der Waals surface area contributed by atoms with Gasteiger partial charge in [0.1, 0.15) is 5.75 Å². The molecule has 104 valence electrons. The van der Waals surface area contributed by atoms with Crippen LogP contribution < -0.4 is 15.8 Å². The summed E-state index contributed by atoms with van der Waals surface area (Å²) >= 11 is 0. The number of carbonyl (C=O) groups excluding carboxylic acids is 1. The smallest absolute Gasteiger partial charge is 0.258 e. The summed E-state index contributed by atoms with van der Waals surface area (Å²) in [5.74, 6) is 0.304. The number of nitrogens with two attached hydrogens (primary N) is 1. The van der Waals surface area contributed by atoms with Gasteiger partial charge in [0.2, 0.25) is 0 Å². The molecule has 3 N–H and O–H groups in total. The van der Waals surface area contributed by atoms with Gasteiger partial charge in [-0.1, -0.05) is 24.3 Å². The first kappa shape index (κ1) is 15.0. The van der Waals surface area contributed by atoms with Crippen molar-refractivity contribution in [2.75, 3.05) is 32.1 Å². The Bertz CT molecular complexity index is 432. The van der Waals surface area contributed by atoms with Gasteiger partial charge >= 0.3 is 0 Å². The zero-order chi connectivity index (χ0) is 14.1. The first-order chi connectivity index (χ1) is 9.09. The number of hydrogen-bond donors (Lipinski definition) is 2. The summed E-state index contributed by atoms with van der Waals surface area (Å²) < 4.78 is 10.6. The third-order valence-corrected chi connectivity index (χ3v) is 2.19. The number of carbonyl (C=O) groups is 1. The lowest BCUT2D eigenvalue weighted by Gasteiger charge is -2.09. The molecule has 0 aliphatic carbocycles. The van der Waals surface area contributed by atoms with E-state index in [9.17, 15) is 4.79 Å². The standard InChI is InChI=1S/C14H20N2O3/c1-11(2)9-18-8-7-16-14(17)10-19-13-6-4-3-5-12(13)15/h3-6H,1,7-10,15H2,2H3,(H,16,17). The summed E-state index contributed by atoms with van der Waals surface area (Å²) in [4.78, 5) is 11.5. The molecule has 1 rings (SSSR count). The molecular formula is C14H20N2O3. The lowest BCUT2D eigenvalue weighted by Crippen LogP contribution is -2.31. The second kappa shape index (κ2) is 8.16. The molecule has 19 heavy (non-hydrogen) atoms. The Morgan fingerprint density at radius 3 is 2.79 bits per heavy atom.